The number of Topliss-reactive ketones (excluding diaryl/α,β-unsaturated/α-hetero) is 1. The number of carbonyl (C=O) groups is 2. The van der Waals surface area contributed by atoms with E-state index in [0.29, 0.717) is 25.7 Å². The van der Waals surface area contributed by atoms with Gasteiger partial charge in [0.05, 0.1) is 29.5 Å². The summed E-state index contributed by atoms with van der Waals surface area (Å²) >= 11 is 0. The highest BCUT2D eigenvalue weighted by Crippen LogP contribution is 2.37. The van der Waals surface area contributed by atoms with E-state index in [4.69, 9.17) is 4.74 Å². The van der Waals surface area contributed by atoms with E-state index < -0.39 is 23.4 Å². The third-order valence-corrected chi connectivity index (χ3v) is 7.85. The van der Waals surface area contributed by atoms with Crippen LogP contribution in [0.3, 0.4) is 0 Å². The second-order valence-corrected chi connectivity index (χ2v) is 12.5. The number of aromatic nitrogens is 4. The van der Waals surface area contributed by atoms with Crippen LogP contribution >= 0.6 is 0 Å². The van der Waals surface area contributed by atoms with Gasteiger partial charge in [-0.1, -0.05) is 0 Å². The van der Waals surface area contributed by atoms with Gasteiger partial charge in [0.1, 0.15) is 22.9 Å². The Hall–Kier alpha value is -3.77. The summed E-state index contributed by atoms with van der Waals surface area (Å²) in [4.78, 5) is 45.6. The Labute approximate surface area is 237 Å². The Morgan fingerprint density at radius 2 is 2.02 bits per heavy atom. The average molecular weight is 567 g/mol. The van der Waals surface area contributed by atoms with Crippen LogP contribution in [0.25, 0.3) is 5.65 Å². The predicted molar refractivity (Wildman–Crippen MR) is 153 cm³/mol. The van der Waals surface area contributed by atoms with Gasteiger partial charge in [-0.15, -0.1) is 0 Å². The Morgan fingerprint density at radius 1 is 1.27 bits per heavy atom. The molecule has 4 atom stereocenters. The standard InChI is InChI=1S/C29H38N6O6/c1-28(2,3)41-27(39)33(5)24-14-23(31-19-7-6-12-34(26(19)38)20-8-9-21(20)36)32-25-18(16-30-35(24)25)22(37)13-17-10-11-29(4,40)15-17/h6-7,12,14,16-17,20-21,36,40H,8-11,13,15H2,1-5H3,(H,31,32)/t17?,20-,21-,29+/m0/s1. The second kappa shape index (κ2) is 10.6. The largest absolute Gasteiger partial charge is 0.443 e. The lowest BCUT2D eigenvalue weighted by atomic mass is 9.89. The van der Waals surface area contributed by atoms with Gasteiger partial charge >= 0.3 is 6.09 Å². The molecule has 0 aliphatic heterocycles. The second-order valence-electron chi connectivity index (χ2n) is 12.5. The zero-order valence-corrected chi connectivity index (χ0v) is 24.1. The van der Waals surface area contributed by atoms with E-state index in [1.165, 1.54) is 27.2 Å². The number of ether oxygens (including phenoxy) is 1. The molecule has 1 unspecified atom stereocenters. The number of nitrogens with zero attached hydrogens (tertiary/aromatic N) is 5. The predicted octanol–water partition coefficient (Wildman–Crippen LogP) is 3.83. The van der Waals surface area contributed by atoms with Gasteiger partial charge in [0.2, 0.25) is 0 Å². The molecule has 1 amide bonds. The van der Waals surface area contributed by atoms with E-state index in [1.807, 2.05) is 0 Å². The number of carbonyl (C=O) groups excluding carboxylic acids is 2. The molecular formula is C29H38N6O6. The first-order valence-electron chi connectivity index (χ1n) is 14.0. The number of hydrogen-bond donors (Lipinski definition) is 3. The fourth-order valence-corrected chi connectivity index (χ4v) is 5.55. The maximum atomic E-state index is 13.4. The number of pyridine rings is 1. The van der Waals surface area contributed by atoms with Crippen molar-refractivity contribution in [3.8, 4) is 0 Å². The zero-order valence-electron chi connectivity index (χ0n) is 24.1. The van der Waals surface area contributed by atoms with Crippen LogP contribution in [0.15, 0.2) is 35.4 Å². The van der Waals surface area contributed by atoms with Crippen LogP contribution in [-0.4, -0.2) is 65.6 Å². The summed E-state index contributed by atoms with van der Waals surface area (Å²) < 4.78 is 8.46. The van der Waals surface area contributed by atoms with Crippen molar-refractivity contribution in [2.75, 3.05) is 17.3 Å². The van der Waals surface area contributed by atoms with Gasteiger partial charge in [0, 0.05) is 25.7 Å². The van der Waals surface area contributed by atoms with E-state index in [0.717, 1.165) is 6.42 Å². The summed E-state index contributed by atoms with van der Waals surface area (Å²) in [6, 6.07) is 4.60. The molecule has 220 valence electrons. The Morgan fingerprint density at radius 3 is 2.63 bits per heavy atom. The first-order chi connectivity index (χ1) is 19.2. The van der Waals surface area contributed by atoms with Crippen molar-refractivity contribution >= 4 is 34.8 Å². The number of rotatable bonds is 7. The first kappa shape index (κ1) is 28.7. The lowest BCUT2D eigenvalue weighted by Gasteiger charge is -2.34. The third-order valence-electron chi connectivity index (χ3n) is 7.85. The number of aliphatic hydroxyl groups excluding tert-OH is 1. The minimum Gasteiger partial charge on any atom is -0.443 e. The summed E-state index contributed by atoms with van der Waals surface area (Å²) in [6.07, 6.45) is 5.39. The van der Waals surface area contributed by atoms with Crippen molar-refractivity contribution in [1.29, 1.82) is 0 Å². The van der Waals surface area contributed by atoms with Crippen LogP contribution in [0.2, 0.25) is 0 Å². The summed E-state index contributed by atoms with van der Waals surface area (Å²) in [5, 5.41) is 27.9. The average Bonchev–Trinajstić information content (AvgIpc) is 3.45. The van der Waals surface area contributed by atoms with Crippen LogP contribution in [-0.2, 0) is 4.74 Å². The molecule has 0 aromatic carbocycles. The first-order valence-corrected chi connectivity index (χ1v) is 14.0. The van der Waals surface area contributed by atoms with Crippen LogP contribution in [0, 0.1) is 5.92 Å². The van der Waals surface area contributed by atoms with E-state index in [2.05, 4.69) is 15.4 Å². The molecule has 3 N–H and O–H groups in total. The van der Waals surface area contributed by atoms with E-state index in [1.54, 1.807) is 52.1 Å². The molecule has 2 aliphatic rings. The van der Waals surface area contributed by atoms with Crippen molar-refractivity contribution in [2.24, 2.45) is 5.92 Å². The maximum absolute atomic E-state index is 13.4. The smallest absolute Gasteiger partial charge is 0.415 e. The minimum atomic E-state index is -0.775. The molecule has 2 aliphatic carbocycles. The molecular weight excluding hydrogens is 528 g/mol. The molecule has 5 rings (SSSR count). The van der Waals surface area contributed by atoms with Crippen molar-refractivity contribution < 1.29 is 24.5 Å². The summed E-state index contributed by atoms with van der Waals surface area (Å²) in [7, 11) is 1.53. The molecule has 41 heavy (non-hydrogen) atoms. The van der Waals surface area contributed by atoms with Crippen LogP contribution in [0.1, 0.15) is 82.6 Å². The van der Waals surface area contributed by atoms with Gasteiger partial charge in [0.25, 0.3) is 5.56 Å². The quantitative estimate of drug-likeness (QED) is 0.363. The van der Waals surface area contributed by atoms with Gasteiger partial charge in [-0.2, -0.15) is 9.61 Å². The van der Waals surface area contributed by atoms with E-state index in [-0.39, 0.29) is 58.3 Å². The molecule has 2 saturated carbocycles. The fourth-order valence-electron chi connectivity index (χ4n) is 5.55. The van der Waals surface area contributed by atoms with Crippen molar-refractivity contribution in [1.82, 2.24) is 19.2 Å². The van der Waals surface area contributed by atoms with Crippen molar-refractivity contribution in [3.63, 3.8) is 0 Å². The summed E-state index contributed by atoms with van der Waals surface area (Å²) in [6.45, 7) is 7.07. The fraction of sp³-hybridized carbons (Fsp3) is 0.552. The number of hydrogen-bond acceptors (Lipinski definition) is 9. The highest BCUT2D eigenvalue weighted by Gasteiger charge is 2.35. The highest BCUT2D eigenvalue weighted by molar-refractivity contribution is 6.02. The lowest BCUT2D eigenvalue weighted by Crippen LogP contribution is -2.39. The van der Waals surface area contributed by atoms with Crippen molar-refractivity contribution in [2.45, 2.75) is 89.6 Å². The van der Waals surface area contributed by atoms with Gasteiger partial charge in [0.15, 0.2) is 11.4 Å². The molecule has 0 radical (unpaired) electrons. The summed E-state index contributed by atoms with van der Waals surface area (Å²) in [5.41, 5.74) is -1.10. The number of aliphatic hydroxyl groups is 2. The van der Waals surface area contributed by atoms with Gasteiger partial charge < -0.3 is 24.8 Å². The SMILES string of the molecule is CN(C(=O)OC(C)(C)C)c1cc(Nc2cccn([C@H]3CC[C@@H]3O)c2=O)nc2c(C(=O)CC3CC[C@@](C)(O)C3)cnn12. The molecule has 12 nitrogen and oxygen atoms in total. The van der Waals surface area contributed by atoms with Gasteiger partial charge in [-0.25, -0.2) is 9.78 Å². The Bertz CT molecular complexity index is 1540. The molecule has 2 fully saturated rings. The Kier molecular flexibility index (Phi) is 7.41. The number of anilines is 3. The molecule has 12 heteroatoms. The van der Waals surface area contributed by atoms with Gasteiger partial charge in [-0.05, 0) is 77.8 Å². The van der Waals surface area contributed by atoms with E-state index >= 15 is 0 Å². The van der Waals surface area contributed by atoms with E-state index in [9.17, 15) is 24.6 Å². The number of ketones is 1. The molecule has 0 spiro atoms. The van der Waals surface area contributed by atoms with Crippen LogP contribution in [0.5, 0.6) is 0 Å². The molecule has 3 aromatic heterocycles. The zero-order chi connectivity index (χ0) is 29.7. The summed E-state index contributed by atoms with van der Waals surface area (Å²) in [5.74, 6) is 0.382. The number of fused-ring (bicyclic) bond motifs is 1. The maximum Gasteiger partial charge on any atom is 0.415 e. The van der Waals surface area contributed by atoms with Crippen LogP contribution in [0.4, 0.5) is 22.1 Å². The highest BCUT2D eigenvalue weighted by atomic mass is 16.6. The van der Waals surface area contributed by atoms with Crippen molar-refractivity contribution in [3.05, 3.63) is 46.5 Å². The number of amides is 1. The molecule has 3 heterocycles. The topological polar surface area (TPSA) is 151 Å². The molecule has 0 bridgehead atoms. The van der Waals surface area contributed by atoms with Gasteiger partial charge in [-0.3, -0.25) is 14.5 Å². The minimum absolute atomic E-state index is 0.0438. The Balaban J connectivity index is 1.53. The molecule has 3 aromatic rings. The van der Waals surface area contributed by atoms with Crippen LogP contribution < -0.4 is 15.8 Å². The monoisotopic (exact) mass is 566 g/mol. The number of nitrogens with one attached hydrogen (secondary N) is 1. The third kappa shape index (κ3) is 5.98. The normalized spacial score (nSPS) is 24.2. The molecule has 0 saturated heterocycles. The lowest BCUT2D eigenvalue weighted by molar-refractivity contribution is 0.0300.